The first-order valence-electron chi connectivity index (χ1n) is 6.14. The van der Waals surface area contributed by atoms with Gasteiger partial charge in [0.25, 0.3) is 0 Å². The van der Waals surface area contributed by atoms with Gasteiger partial charge in [0.05, 0.1) is 19.1 Å². The molecular weight excluding hydrogens is 285 g/mol. The summed E-state index contributed by atoms with van der Waals surface area (Å²) in [6.07, 6.45) is 8.73. The van der Waals surface area contributed by atoms with Crippen LogP contribution in [0, 0.1) is 0 Å². The summed E-state index contributed by atoms with van der Waals surface area (Å²) in [6, 6.07) is 0.905. The summed E-state index contributed by atoms with van der Waals surface area (Å²) in [5, 5.41) is 0. The molecule has 0 amide bonds. The third kappa shape index (κ3) is 1.62. The van der Waals surface area contributed by atoms with Crippen LogP contribution in [0.2, 0.25) is 0 Å². The zero-order valence-electron chi connectivity index (χ0n) is 9.56. The predicted molar refractivity (Wildman–Crippen MR) is 69.6 cm³/mol. The molecular formula is C12H23IN+. The van der Waals surface area contributed by atoms with Crippen LogP contribution in [0.15, 0.2) is 0 Å². The molecule has 0 bridgehead atoms. The molecule has 0 aliphatic carbocycles. The minimum atomic E-state index is 0.529. The molecule has 2 saturated heterocycles. The molecule has 3 unspecified atom stereocenters. The first kappa shape index (κ1) is 11.2. The topological polar surface area (TPSA) is 0 Å². The highest BCUT2D eigenvalue weighted by molar-refractivity contribution is 14.1. The average Bonchev–Trinajstić information content (AvgIpc) is 2.31. The van der Waals surface area contributed by atoms with Crippen LogP contribution in [-0.2, 0) is 0 Å². The van der Waals surface area contributed by atoms with Gasteiger partial charge in [0.1, 0.15) is 3.55 Å². The third-order valence-corrected chi connectivity index (χ3v) is 6.14. The molecule has 2 aliphatic heterocycles. The summed E-state index contributed by atoms with van der Waals surface area (Å²) >= 11 is 2.74. The third-order valence-electron chi connectivity index (χ3n) is 4.64. The number of nitrogens with zero attached hydrogens (tertiary/aromatic N) is 1. The zero-order chi connectivity index (χ0) is 10.2. The van der Waals surface area contributed by atoms with Gasteiger partial charge in [0.2, 0.25) is 0 Å². The maximum absolute atomic E-state index is 2.74. The summed E-state index contributed by atoms with van der Waals surface area (Å²) in [4.78, 5) is 0. The molecule has 0 aromatic rings. The number of quaternary nitrogens is 1. The van der Waals surface area contributed by atoms with Gasteiger partial charge in [-0.2, -0.15) is 0 Å². The van der Waals surface area contributed by atoms with E-state index in [-0.39, 0.29) is 0 Å². The fraction of sp³-hybridized carbons (Fsp3) is 1.00. The molecule has 1 nitrogen and oxygen atoms in total. The first-order chi connectivity index (χ1) is 6.58. The average molecular weight is 308 g/mol. The molecule has 2 rings (SSSR count). The lowest BCUT2D eigenvalue weighted by molar-refractivity contribution is -0.962. The fourth-order valence-corrected chi connectivity index (χ4v) is 4.98. The number of hydrogen-bond donors (Lipinski definition) is 0. The van der Waals surface area contributed by atoms with E-state index >= 15 is 0 Å². The number of halogens is 1. The molecule has 2 fully saturated rings. The standard InChI is InChI=1S/C12H23IN/c1-11-7-4-3-5-9-14(11)10-6-8-12(14,2)13/h11H,3-10H2,1-2H3/q+1. The highest BCUT2D eigenvalue weighted by Gasteiger charge is 2.52. The van der Waals surface area contributed by atoms with Gasteiger partial charge < -0.3 is 4.48 Å². The van der Waals surface area contributed by atoms with Gasteiger partial charge in [-0.15, -0.1) is 0 Å². The van der Waals surface area contributed by atoms with Crippen LogP contribution < -0.4 is 0 Å². The van der Waals surface area contributed by atoms with Crippen molar-refractivity contribution in [3.8, 4) is 0 Å². The van der Waals surface area contributed by atoms with Crippen LogP contribution in [0.25, 0.3) is 0 Å². The van der Waals surface area contributed by atoms with Crippen LogP contribution >= 0.6 is 22.6 Å². The van der Waals surface area contributed by atoms with E-state index in [1.165, 1.54) is 56.1 Å². The van der Waals surface area contributed by atoms with Crippen molar-refractivity contribution in [3.63, 3.8) is 0 Å². The highest BCUT2D eigenvalue weighted by Crippen LogP contribution is 2.46. The Morgan fingerprint density at radius 1 is 1.14 bits per heavy atom. The Morgan fingerprint density at radius 2 is 1.86 bits per heavy atom. The minimum absolute atomic E-state index is 0.529. The quantitative estimate of drug-likeness (QED) is 0.277. The van der Waals surface area contributed by atoms with Crippen LogP contribution in [0.1, 0.15) is 52.4 Å². The molecule has 2 heteroatoms. The van der Waals surface area contributed by atoms with Gasteiger partial charge in [0.15, 0.2) is 0 Å². The summed E-state index contributed by atoms with van der Waals surface area (Å²) in [5.41, 5.74) is 0. The Hall–Kier alpha value is 0.690. The van der Waals surface area contributed by atoms with E-state index in [1.54, 1.807) is 0 Å². The second kappa shape index (κ2) is 3.93. The van der Waals surface area contributed by atoms with E-state index in [2.05, 4.69) is 36.4 Å². The van der Waals surface area contributed by atoms with Crippen molar-refractivity contribution in [2.24, 2.45) is 0 Å². The van der Waals surface area contributed by atoms with E-state index in [9.17, 15) is 0 Å². The van der Waals surface area contributed by atoms with Crippen molar-refractivity contribution in [1.82, 2.24) is 0 Å². The monoisotopic (exact) mass is 308 g/mol. The predicted octanol–water partition coefficient (Wildman–Crippen LogP) is 3.71. The normalized spacial score (nSPS) is 49.5. The Bertz CT molecular complexity index is 214. The van der Waals surface area contributed by atoms with Crippen LogP contribution in [0.4, 0.5) is 0 Å². The van der Waals surface area contributed by atoms with Crippen molar-refractivity contribution < 1.29 is 4.48 Å². The maximum Gasteiger partial charge on any atom is 0.147 e. The molecule has 2 heterocycles. The molecule has 82 valence electrons. The van der Waals surface area contributed by atoms with Crippen molar-refractivity contribution in [3.05, 3.63) is 0 Å². The lowest BCUT2D eigenvalue weighted by Crippen LogP contribution is -2.60. The maximum atomic E-state index is 2.74. The van der Waals surface area contributed by atoms with Crippen molar-refractivity contribution in [2.45, 2.75) is 62.0 Å². The molecule has 1 spiro atoms. The Kier molecular flexibility index (Phi) is 3.14. The van der Waals surface area contributed by atoms with Crippen LogP contribution in [-0.4, -0.2) is 27.2 Å². The van der Waals surface area contributed by atoms with Gasteiger partial charge in [-0.3, -0.25) is 0 Å². The number of alkyl halides is 1. The Labute approximate surface area is 102 Å². The van der Waals surface area contributed by atoms with Crippen molar-refractivity contribution >= 4 is 22.6 Å². The van der Waals surface area contributed by atoms with Crippen molar-refractivity contribution in [1.29, 1.82) is 0 Å². The molecule has 3 atom stereocenters. The van der Waals surface area contributed by atoms with E-state index in [0.717, 1.165) is 6.04 Å². The lowest BCUT2D eigenvalue weighted by Gasteiger charge is -2.48. The Morgan fingerprint density at radius 3 is 2.50 bits per heavy atom. The molecule has 0 aromatic heterocycles. The molecule has 0 N–H and O–H groups in total. The highest BCUT2D eigenvalue weighted by atomic mass is 127. The van der Waals surface area contributed by atoms with E-state index in [0.29, 0.717) is 3.55 Å². The minimum Gasteiger partial charge on any atom is -0.309 e. The summed E-state index contributed by atoms with van der Waals surface area (Å²) in [6.45, 7) is 7.87. The van der Waals surface area contributed by atoms with Gasteiger partial charge in [-0.1, -0.05) is 0 Å². The van der Waals surface area contributed by atoms with Crippen molar-refractivity contribution in [2.75, 3.05) is 13.1 Å². The summed E-state index contributed by atoms with van der Waals surface area (Å²) in [7, 11) is 0. The molecule has 0 aromatic carbocycles. The van der Waals surface area contributed by atoms with Gasteiger partial charge in [-0.25, -0.2) is 0 Å². The number of rotatable bonds is 0. The second-order valence-corrected chi connectivity index (χ2v) is 7.75. The van der Waals surface area contributed by atoms with E-state index < -0.39 is 0 Å². The molecule has 0 saturated carbocycles. The van der Waals surface area contributed by atoms with E-state index in [1.807, 2.05) is 0 Å². The van der Waals surface area contributed by atoms with E-state index in [4.69, 9.17) is 0 Å². The lowest BCUT2D eigenvalue weighted by atomic mass is 10.1. The molecule has 2 aliphatic rings. The SMILES string of the molecule is CC1CCCCC[N+]12CCCC2(C)I. The smallest absolute Gasteiger partial charge is 0.147 e. The number of hydrogen-bond acceptors (Lipinski definition) is 0. The summed E-state index contributed by atoms with van der Waals surface area (Å²) in [5.74, 6) is 0. The zero-order valence-corrected chi connectivity index (χ0v) is 11.7. The second-order valence-electron chi connectivity index (χ2n) is 5.43. The van der Waals surface area contributed by atoms with Gasteiger partial charge in [-0.05, 0) is 55.2 Å². The summed E-state index contributed by atoms with van der Waals surface area (Å²) < 4.78 is 1.95. The largest absolute Gasteiger partial charge is 0.309 e. The van der Waals surface area contributed by atoms with Gasteiger partial charge >= 0.3 is 0 Å². The Balaban J connectivity index is 2.26. The first-order valence-corrected chi connectivity index (χ1v) is 7.22. The van der Waals surface area contributed by atoms with Crippen LogP contribution in [0.3, 0.4) is 0 Å². The fourth-order valence-electron chi connectivity index (χ4n) is 3.64. The van der Waals surface area contributed by atoms with Gasteiger partial charge in [0, 0.05) is 19.8 Å². The molecule has 0 radical (unpaired) electrons. The molecule has 14 heavy (non-hydrogen) atoms. The van der Waals surface area contributed by atoms with Crippen LogP contribution in [0.5, 0.6) is 0 Å².